The van der Waals surface area contributed by atoms with Crippen LogP contribution in [0.15, 0.2) is 29.9 Å². The smallest absolute Gasteiger partial charge is 0.232 e. The van der Waals surface area contributed by atoms with Crippen LogP contribution >= 0.6 is 22.9 Å². The van der Waals surface area contributed by atoms with E-state index in [0.717, 1.165) is 16.8 Å². The number of halogens is 1. The first kappa shape index (κ1) is 13.1. The van der Waals surface area contributed by atoms with Gasteiger partial charge in [-0.15, -0.1) is 11.3 Å². The van der Waals surface area contributed by atoms with Crippen molar-refractivity contribution in [3.05, 3.63) is 34.9 Å². The minimum atomic E-state index is 0.497. The molecular formula is C13H11ClN4OS. The van der Waals surface area contributed by atoms with Crippen molar-refractivity contribution in [3.63, 3.8) is 0 Å². The maximum atomic E-state index is 5.90. The van der Waals surface area contributed by atoms with E-state index in [-0.39, 0.29) is 0 Å². The molecule has 0 aromatic carbocycles. The number of aromatic nitrogens is 3. The van der Waals surface area contributed by atoms with E-state index in [1.807, 2.05) is 18.4 Å². The van der Waals surface area contributed by atoms with E-state index in [0.29, 0.717) is 22.6 Å². The second kappa shape index (κ2) is 5.60. The zero-order valence-corrected chi connectivity index (χ0v) is 12.2. The highest BCUT2D eigenvalue weighted by molar-refractivity contribution is 7.16. The standard InChI is InChI=1S/C13H11ClN4OS/c1-2-16-13-17-11(10-3-4-20-12(10)18-13)19-9-5-8(14)6-15-7-9/h3-7H,2H2,1H3,(H,16,17,18). The van der Waals surface area contributed by atoms with Crippen LogP contribution in [-0.2, 0) is 0 Å². The number of rotatable bonds is 4. The molecule has 0 aliphatic heterocycles. The molecule has 0 aliphatic carbocycles. The quantitative estimate of drug-likeness (QED) is 0.790. The minimum absolute atomic E-state index is 0.497. The molecule has 1 N–H and O–H groups in total. The van der Waals surface area contributed by atoms with E-state index in [2.05, 4.69) is 20.3 Å². The second-order valence-corrected chi connectivity index (χ2v) is 5.29. The fraction of sp³-hybridized carbons (Fsp3) is 0.154. The summed E-state index contributed by atoms with van der Waals surface area (Å²) in [6.07, 6.45) is 3.15. The molecule has 0 unspecified atom stereocenters. The summed E-state index contributed by atoms with van der Waals surface area (Å²) in [5, 5.41) is 6.44. The minimum Gasteiger partial charge on any atom is -0.436 e. The first-order valence-corrected chi connectivity index (χ1v) is 7.29. The van der Waals surface area contributed by atoms with Crippen LogP contribution in [-0.4, -0.2) is 21.5 Å². The number of thiophene rings is 1. The number of hydrogen-bond acceptors (Lipinski definition) is 6. The van der Waals surface area contributed by atoms with E-state index >= 15 is 0 Å². The van der Waals surface area contributed by atoms with Gasteiger partial charge in [-0.1, -0.05) is 11.6 Å². The molecule has 3 heterocycles. The molecule has 102 valence electrons. The maximum absolute atomic E-state index is 5.90. The molecule has 20 heavy (non-hydrogen) atoms. The molecule has 0 amide bonds. The summed E-state index contributed by atoms with van der Waals surface area (Å²) in [6, 6.07) is 3.63. The van der Waals surface area contributed by atoms with Gasteiger partial charge in [-0.3, -0.25) is 4.98 Å². The largest absolute Gasteiger partial charge is 0.436 e. The zero-order valence-electron chi connectivity index (χ0n) is 10.6. The lowest BCUT2D eigenvalue weighted by Crippen LogP contribution is -2.02. The first-order valence-electron chi connectivity index (χ1n) is 6.04. The lowest BCUT2D eigenvalue weighted by Gasteiger charge is -2.08. The highest BCUT2D eigenvalue weighted by Gasteiger charge is 2.11. The predicted octanol–water partition coefficient (Wildman–Crippen LogP) is 3.96. The molecule has 3 aromatic heterocycles. The summed E-state index contributed by atoms with van der Waals surface area (Å²) < 4.78 is 5.79. The van der Waals surface area contributed by atoms with Crippen LogP contribution in [0.5, 0.6) is 11.6 Å². The number of anilines is 1. The molecule has 0 saturated carbocycles. The Morgan fingerprint density at radius 2 is 2.25 bits per heavy atom. The molecule has 7 heteroatoms. The fourth-order valence-electron chi connectivity index (χ4n) is 1.70. The van der Waals surface area contributed by atoms with Gasteiger partial charge in [0.25, 0.3) is 0 Å². The fourth-order valence-corrected chi connectivity index (χ4v) is 2.62. The third kappa shape index (κ3) is 2.66. The molecule has 0 fully saturated rings. The molecule has 3 rings (SSSR count). The van der Waals surface area contributed by atoms with Crippen molar-refractivity contribution in [2.45, 2.75) is 6.92 Å². The van der Waals surface area contributed by atoms with Gasteiger partial charge in [-0.25, -0.2) is 4.98 Å². The Morgan fingerprint density at radius 3 is 3.05 bits per heavy atom. The van der Waals surface area contributed by atoms with Crippen LogP contribution < -0.4 is 10.1 Å². The van der Waals surface area contributed by atoms with Gasteiger partial charge in [0.05, 0.1) is 16.6 Å². The number of fused-ring (bicyclic) bond motifs is 1. The Morgan fingerprint density at radius 1 is 1.35 bits per heavy atom. The van der Waals surface area contributed by atoms with Gasteiger partial charge in [0.15, 0.2) is 0 Å². The number of pyridine rings is 1. The highest BCUT2D eigenvalue weighted by Crippen LogP contribution is 2.31. The van der Waals surface area contributed by atoms with Crippen molar-refractivity contribution >= 4 is 39.1 Å². The average Bonchev–Trinajstić information content (AvgIpc) is 2.87. The third-order valence-corrected chi connectivity index (χ3v) is 3.53. The molecule has 0 radical (unpaired) electrons. The molecule has 0 saturated heterocycles. The van der Waals surface area contributed by atoms with E-state index in [9.17, 15) is 0 Å². The van der Waals surface area contributed by atoms with Crippen molar-refractivity contribution < 1.29 is 4.74 Å². The summed E-state index contributed by atoms with van der Waals surface area (Å²) in [5.41, 5.74) is 0. The normalized spacial score (nSPS) is 10.7. The number of nitrogens with one attached hydrogen (secondary N) is 1. The van der Waals surface area contributed by atoms with Gasteiger partial charge in [-0.2, -0.15) is 4.98 Å². The monoisotopic (exact) mass is 306 g/mol. The highest BCUT2D eigenvalue weighted by atomic mass is 35.5. The Balaban J connectivity index is 2.02. The van der Waals surface area contributed by atoms with E-state index in [4.69, 9.17) is 16.3 Å². The van der Waals surface area contributed by atoms with Gasteiger partial charge in [0.1, 0.15) is 10.6 Å². The Hall–Kier alpha value is -1.92. The first-order chi connectivity index (χ1) is 9.76. The molecule has 0 bridgehead atoms. The van der Waals surface area contributed by atoms with Crippen LogP contribution in [0.2, 0.25) is 5.02 Å². The van der Waals surface area contributed by atoms with Gasteiger partial charge < -0.3 is 10.1 Å². The van der Waals surface area contributed by atoms with E-state index in [1.165, 1.54) is 0 Å². The van der Waals surface area contributed by atoms with Crippen molar-refractivity contribution in [2.24, 2.45) is 0 Å². The van der Waals surface area contributed by atoms with Crippen LogP contribution in [0.4, 0.5) is 5.95 Å². The predicted molar refractivity (Wildman–Crippen MR) is 80.9 cm³/mol. The Bertz CT molecular complexity index is 746. The topological polar surface area (TPSA) is 59.9 Å². The number of ether oxygens (including phenoxy) is 1. The Labute approximate surface area is 124 Å². The van der Waals surface area contributed by atoms with Gasteiger partial charge >= 0.3 is 0 Å². The second-order valence-electron chi connectivity index (χ2n) is 3.96. The van der Waals surface area contributed by atoms with Gasteiger partial charge in [0.2, 0.25) is 11.8 Å². The van der Waals surface area contributed by atoms with Gasteiger partial charge in [-0.05, 0) is 18.4 Å². The number of hydrogen-bond donors (Lipinski definition) is 1. The lowest BCUT2D eigenvalue weighted by molar-refractivity contribution is 0.467. The van der Waals surface area contributed by atoms with Crippen molar-refractivity contribution in [1.82, 2.24) is 15.0 Å². The molecule has 0 aliphatic rings. The number of nitrogens with zero attached hydrogens (tertiary/aromatic N) is 3. The summed E-state index contributed by atoms with van der Waals surface area (Å²) in [7, 11) is 0. The maximum Gasteiger partial charge on any atom is 0.232 e. The van der Waals surface area contributed by atoms with Crippen molar-refractivity contribution in [3.8, 4) is 11.6 Å². The summed E-state index contributed by atoms with van der Waals surface area (Å²) in [6.45, 7) is 2.73. The summed E-state index contributed by atoms with van der Waals surface area (Å²) >= 11 is 7.45. The van der Waals surface area contributed by atoms with Crippen molar-refractivity contribution in [1.29, 1.82) is 0 Å². The van der Waals surface area contributed by atoms with Gasteiger partial charge in [0, 0.05) is 18.8 Å². The van der Waals surface area contributed by atoms with E-state index < -0.39 is 0 Å². The van der Waals surface area contributed by atoms with Crippen LogP contribution in [0.3, 0.4) is 0 Å². The third-order valence-electron chi connectivity index (χ3n) is 2.52. The average molecular weight is 307 g/mol. The zero-order chi connectivity index (χ0) is 13.9. The van der Waals surface area contributed by atoms with E-state index in [1.54, 1.807) is 29.8 Å². The molecule has 0 spiro atoms. The lowest BCUT2D eigenvalue weighted by atomic mass is 10.4. The van der Waals surface area contributed by atoms with Crippen molar-refractivity contribution in [2.75, 3.05) is 11.9 Å². The molecular weight excluding hydrogens is 296 g/mol. The molecule has 5 nitrogen and oxygen atoms in total. The van der Waals surface area contributed by atoms with Crippen LogP contribution in [0, 0.1) is 0 Å². The van der Waals surface area contributed by atoms with Crippen LogP contribution in [0.25, 0.3) is 10.2 Å². The Kier molecular flexibility index (Phi) is 3.66. The van der Waals surface area contributed by atoms with Crippen LogP contribution in [0.1, 0.15) is 6.92 Å². The summed E-state index contributed by atoms with van der Waals surface area (Å²) in [5.74, 6) is 1.59. The summed E-state index contributed by atoms with van der Waals surface area (Å²) in [4.78, 5) is 13.7. The molecule has 3 aromatic rings. The SMILES string of the molecule is CCNc1nc(Oc2cncc(Cl)c2)c2ccsc2n1. The molecule has 0 atom stereocenters.